The molecule has 2 heterocycles. The third kappa shape index (κ3) is 3.03. The number of aromatic nitrogens is 2. The molecular formula is C14H10BrN3O3. The molecule has 7 heteroatoms. The Kier molecular flexibility index (Phi) is 3.57. The van der Waals surface area contributed by atoms with E-state index in [1.54, 1.807) is 24.3 Å². The number of furan rings is 1. The van der Waals surface area contributed by atoms with Crippen LogP contribution in [-0.4, -0.2) is 16.1 Å². The maximum atomic E-state index is 12.0. The summed E-state index contributed by atoms with van der Waals surface area (Å²) >= 11 is 3.19. The molecule has 0 saturated heterocycles. The van der Waals surface area contributed by atoms with Gasteiger partial charge in [0, 0.05) is 5.56 Å². The minimum absolute atomic E-state index is 0.0176. The van der Waals surface area contributed by atoms with Crippen LogP contribution in [0.25, 0.3) is 11.7 Å². The Morgan fingerprint density at radius 2 is 2.05 bits per heavy atom. The van der Waals surface area contributed by atoms with Gasteiger partial charge >= 0.3 is 6.01 Å². The number of amides is 1. The summed E-state index contributed by atoms with van der Waals surface area (Å²) in [5, 5.41) is 10.1. The summed E-state index contributed by atoms with van der Waals surface area (Å²) in [6.07, 6.45) is 0. The van der Waals surface area contributed by atoms with Gasteiger partial charge in [0.1, 0.15) is 0 Å². The van der Waals surface area contributed by atoms with Crippen LogP contribution < -0.4 is 5.32 Å². The Morgan fingerprint density at radius 3 is 2.76 bits per heavy atom. The minimum Gasteiger partial charge on any atom is -0.444 e. The summed E-state index contributed by atoms with van der Waals surface area (Å²) < 4.78 is 11.2. The lowest BCUT2D eigenvalue weighted by molar-refractivity contribution is 0.102. The predicted molar refractivity (Wildman–Crippen MR) is 78.8 cm³/mol. The van der Waals surface area contributed by atoms with Gasteiger partial charge < -0.3 is 8.83 Å². The van der Waals surface area contributed by atoms with Gasteiger partial charge in [-0.2, -0.15) is 0 Å². The number of carbonyl (C=O) groups excluding carboxylic acids is 1. The quantitative estimate of drug-likeness (QED) is 0.781. The fourth-order valence-corrected chi connectivity index (χ4v) is 2.06. The van der Waals surface area contributed by atoms with Crippen LogP contribution in [0.2, 0.25) is 0 Å². The topological polar surface area (TPSA) is 81.2 Å². The van der Waals surface area contributed by atoms with Gasteiger partial charge in [-0.3, -0.25) is 10.1 Å². The number of benzene rings is 1. The molecule has 1 aromatic carbocycles. The highest BCUT2D eigenvalue weighted by Crippen LogP contribution is 2.25. The van der Waals surface area contributed by atoms with Crippen molar-refractivity contribution in [3.63, 3.8) is 0 Å². The highest BCUT2D eigenvalue weighted by atomic mass is 79.9. The summed E-state index contributed by atoms with van der Waals surface area (Å²) in [7, 11) is 0. The Balaban J connectivity index is 1.77. The third-order valence-electron chi connectivity index (χ3n) is 2.71. The smallest absolute Gasteiger partial charge is 0.322 e. The van der Waals surface area contributed by atoms with E-state index in [1.807, 2.05) is 19.1 Å². The molecule has 106 valence electrons. The lowest BCUT2D eigenvalue weighted by Crippen LogP contribution is -2.12. The van der Waals surface area contributed by atoms with E-state index < -0.39 is 0 Å². The molecule has 3 rings (SSSR count). The van der Waals surface area contributed by atoms with Crippen molar-refractivity contribution in [2.75, 3.05) is 5.32 Å². The molecule has 0 bridgehead atoms. The number of rotatable bonds is 3. The van der Waals surface area contributed by atoms with E-state index >= 15 is 0 Å². The van der Waals surface area contributed by atoms with Crippen LogP contribution >= 0.6 is 15.9 Å². The Hall–Kier alpha value is -2.41. The molecule has 0 unspecified atom stereocenters. The monoisotopic (exact) mass is 347 g/mol. The Labute approximate surface area is 128 Å². The third-order valence-corrected chi connectivity index (χ3v) is 3.14. The fraction of sp³-hybridized carbons (Fsp3) is 0.0714. The van der Waals surface area contributed by atoms with Crippen molar-refractivity contribution in [2.45, 2.75) is 6.92 Å². The first kappa shape index (κ1) is 13.6. The molecule has 0 spiro atoms. The zero-order chi connectivity index (χ0) is 14.8. The molecule has 0 radical (unpaired) electrons. The van der Waals surface area contributed by atoms with Crippen LogP contribution in [0.5, 0.6) is 0 Å². The van der Waals surface area contributed by atoms with Crippen LogP contribution in [0.4, 0.5) is 6.01 Å². The molecule has 1 amide bonds. The Morgan fingerprint density at radius 1 is 1.19 bits per heavy atom. The fourth-order valence-electron chi connectivity index (χ4n) is 1.76. The van der Waals surface area contributed by atoms with Gasteiger partial charge in [0.15, 0.2) is 10.4 Å². The zero-order valence-corrected chi connectivity index (χ0v) is 12.5. The van der Waals surface area contributed by atoms with Crippen LogP contribution in [-0.2, 0) is 0 Å². The summed E-state index contributed by atoms with van der Waals surface area (Å²) in [5.41, 5.74) is 1.52. The number of halogens is 1. The summed E-state index contributed by atoms with van der Waals surface area (Å²) in [6.45, 7) is 1.91. The second-order valence-electron chi connectivity index (χ2n) is 4.34. The van der Waals surface area contributed by atoms with Crippen molar-refractivity contribution in [3.8, 4) is 11.7 Å². The van der Waals surface area contributed by atoms with Gasteiger partial charge in [0.25, 0.3) is 11.8 Å². The number of anilines is 1. The number of hydrogen-bond acceptors (Lipinski definition) is 5. The molecule has 0 aliphatic carbocycles. The highest BCUT2D eigenvalue weighted by molar-refractivity contribution is 9.10. The van der Waals surface area contributed by atoms with Gasteiger partial charge in [0.2, 0.25) is 0 Å². The van der Waals surface area contributed by atoms with E-state index in [9.17, 15) is 4.79 Å². The Bertz CT molecular complexity index is 794. The molecule has 21 heavy (non-hydrogen) atoms. The standard InChI is InChI=1S/C14H10BrN3O3/c1-8-3-2-4-9(7-8)12(19)16-14-18-17-13(21-14)10-5-6-11(15)20-10/h2-7H,1H3,(H,16,18,19). The van der Waals surface area contributed by atoms with Crippen LogP contribution in [0, 0.1) is 6.92 Å². The normalized spacial score (nSPS) is 10.6. The van der Waals surface area contributed by atoms with E-state index in [0.717, 1.165) is 5.56 Å². The lowest BCUT2D eigenvalue weighted by Gasteiger charge is -2.01. The van der Waals surface area contributed by atoms with Gasteiger partial charge in [-0.1, -0.05) is 22.8 Å². The van der Waals surface area contributed by atoms with Gasteiger partial charge in [-0.15, -0.1) is 5.10 Å². The predicted octanol–water partition coefficient (Wildman–Crippen LogP) is 3.65. The van der Waals surface area contributed by atoms with Crippen molar-refractivity contribution >= 4 is 27.9 Å². The van der Waals surface area contributed by atoms with Crippen molar-refractivity contribution in [1.82, 2.24) is 10.2 Å². The average molecular weight is 348 g/mol. The van der Waals surface area contributed by atoms with Crippen molar-refractivity contribution in [1.29, 1.82) is 0 Å². The van der Waals surface area contributed by atoms with Crippen LogP contribution in [0.15, 0.2) is 49.9 Å². The van der Waals surface area contributed by atoms with E-state index in [0.29, 0.717) is 16.0 Å². The molecule has 0 aliphatic rings. The van der Waals surface area contributed by atoms with Gasteiger partial charge in [0.05, 0.1) is 0 Å². The van der Waals surface area contributed by atoms with Crippen molar-refractivity contribution in [3.05, 3.63) is 52.2 Å². The summed E-state index contributed by atoms with van der Waals surface area (Å²) in [6, 6.07) is 10.6. The largest absolute Gasteiger partial charge is 0.444 e. The van der Waals surface area contributed by atoms with Gasteiger partial charge in [-0.05, 0) is 47.1 Å². The summed E-state index contributed by atoms with van der Waals surface area (Å²) in [5.74, 6) is 0.306. The minimum atomic E-state index is -0.311. The zero-order valence-electron chi connectivity index (χ0n) is 11.0. The number of nitrogens with zero attached hydrogens (tertiary/aromatic N) is 2. The molecule has 0 saturated carbocycles. The molecule has 0 aliphatic heterocycles. The molecular weight excluding hydrogens is 338 g/mol. The number of hydrogen-bond donors (Lipinski definition) is 1. The van der Waals surface area contributed by atoms with Gasteiger partial charge in [-0.25, -0.2) is 0 Å². The molecule has 3 aromatic rings. The second-order valence-corrected chi connectivity index (χ2v) is 5.12. The number of nitrogens with one attached hydrogen (secondary N) is 1. The van der Waals surface area contributed by atoms with E-state index in [2.05, 4.69) is 31.4 Å². The van der Waals surface area contributed by atoms with Crippen molar-refractivity contribution in [2.24, 2.45) is 0 Å². The maximum absolute atomic E-state index is 12.0. The van der Waals surface area contributed by atoms with E-state index in [1.165, 1.54) is 0 Å². The molecule has 0 atom stereocenters. The van der Waals surface area contributed by atoms with E-state index in [-0.39, 0.29) is 17.8 Å². The lowest BCUT2D eigenvalue weighted by atomic mass is 10.1. The first-order valence-corrected chi connectivity index (χ1v) is 6.88. The SMILES string of the molecule is Cc1cccc(C(=O)Nc2nnc(-c3ccc(Br)o3)o2)c1. The van der Waals surface area contributed by atoms with Crippen molar-refractivity contribution < 1.29 is 13.6 Å². The first-order valence-electron chi connectivity index (χ1n) is 6.09. The number of carbonyl (C=O) groups is 1. The molecule has 2 aromatic heterocycles. The number of aryl methyl sites for hydroxylation is 1. The van der Waals surface area contributed by atoms with E-state index in [4.69, 9.17) is 8.83 Å². The summed E-state index contributed by atoms with van der Waals surface area (Å²) in [4.78, 5) is 12.0. The van der Waals surface area contributed by atoms with Crippen LogP contribution in [0.3, 0.4) is 0 Å². The average Bonchev–Trinajstić information content (AvgIpc) is 3.07. The highest BCUT2D eigenvalue weighted by Gasteiger charge is 2.14. The molecule has 0 fully saturated rings. The maximum Gasteiger partial charge on any atom is 0.322 e. The van der Waals surface area contributed by atoms with Crippen LogP contribution in [0.1, 0.15) is 15.9 Å². The first-order chi connectivity index (χ1) is 10.1. The molecule has 1 N–H and O–H groups in total. The molecule has 6 nitrogen and oxygen atoms in total. The second kappa shape index (κ2) is 5.53.